The summed E-state index contributed by atoms with van der Waals surface area (Å²) in [6, 6.07) is 10.0. The lowest BCUT2D eigenvalue weighted by Crippen LogP contribution is -2.43. The first kappa shape index (κ1) is 14.9. The maximum atomic E-state index is 12.2. The molecule has 6 nitrogen and oxygen atoms in total. The van der Waals surface area contributed by atoms with E-state index in [0.29, 0.717) is 19.8 Å². The van der Waals surface area contributed by atoms with Gasteiger partial charge in [-0.15, -0.1) is 0 Å². The fraction of sp³-hybridized carbons (Fsp3) is 0.588. The van der Waals surface area contributed by atoms with Crippen LogP contribution in [0.15, 0.2) is 30.3 Å². The van der Waals surface area contributed by atoms with Gasteiger partial charge in [-0.25, -0.2) is 4.79 Å². The second kappa shape index (κ2) is 6.47. The van der Waals surface area contributed by atoms with E-state index < -0.39 is 6.09 Å². The van der Waals surface area contributed by atoms with Gasteiger partial charge in [-0.3, -0.25) is 0 Å². The number of benzene rings is 1. The molecule has 0 bridgehead atoms. The van der Waals surface area contributed by atoms with E-state index in [-0.39, 0.29) is 30.5 Å². The molecule has 4 rings (SSSR count). The third kappa shape index (κ3) is 3.49. The summed E-state index contributed by atoms with van der Waals surface area (Å²) >= 11 is 0. The molecule has 0 unspecified atom stereocenters. The SMILES string of the molecule is O=C(N[C@@H](Cc1ccccc1)[C@H]1CO1)O[C@H]1CO[C@H]2OCC[C@H]21. The monoisotopic (exact) mass is 319 g/mol. The molecule has 5 atom stereocenters. The van der Waals surface area contributed by atoms with Crippen LogP contribution in [0.25, 0.3) is 0 Å². The molecule has 0 aromatic heterocycles. The summed E-state index contributed by atoms with van der Waals surface area (Å²) in [5.74, 6) is 0.158. The number of carbonyl (C=O) groups is 1. The number of carbonyl (C=O) groups excluding carboxylic acids is 1. The van der Waals surface area contributed by atoms with Gasteiger partial charge < -0.3 is 24.3 Å². The number of hydrogen-bond donors (Lipinski definition) is 1. The fourth-order valence-electron chi connectivity index (χ4n) is 3.30. The lowest BCUT2D eigenvalue weighted by Gasteiger charge is -2.20. The Bertz CT molecular complexity index is 547. The molecule has 3 fully saturated rings. The number of hydrogen-bond acceptors (Lipinski definition) is 5. The molecule has 3 saturated heterocycles. The van der Waals surface area contributed by atoms with E-state index in [9.17, 15) is 4.79 Å². The van der Waals surface area contributed by atoms with Crippen molar-refractivity contribution in [3.8, 4) is 0 Å². The van der Waals surface area contributed by atoms with E-state index in [1.54, 1.807) is 0 Å². The van der Waals surface area contributed by atoms with Crippen molar-refractivity contribution < 1.29 is 23.7 Å². The van der Waals surface area contributed by atoms with Gasteiger partial charge in [0, 0.05) is 0 Å². The summed E-state index contributed by atoms with van der Waals surface area (Å²) in [5.41, 5.74) is 1.17. The highest BCUT2D eigenvalue weighted by atomic mass is 16.7. The van der Waals surface area contributed by atoms with Gasteiger partial charge in [0.2, 0.25) is 0 Å². The van der Waals surface area contributed by atoms with Crippen LogP contribution in [0.3, 0.4) is 0 Å². The molecule has 3 aliphatic heterocycles. The van der Waals surface area contributed by atoms with E-state index in [1.165, 1.54) is 5.56 Å². The molecule has 3 aliphatic rings. The molecule has 23 heavy (non-hydrogen) atoms. The van der Waals surface area contributed by atoms with Crippen LogP contribution in [0.5, 0.6) is 0 Å². The number of rotatable bonds is 5. The highest BCUT2D eigenvalue weighted by Gasteiger charge is 2.44. The summed E-state index contributed by atoms with van der Waals surface area (Å²) in [6.45, 7) is 1.76. The average molecular weight is 319 g/mol. The van der Waals surface area contributed by atoms with Crippen LogP contribution in [0.1, 0.15) is 12.0 Å². The molecular formula is C17H21NO5. The van der Waals surface area contributed by atoms with Gasteiger partial charge in [-0.1, -0.05) is 30.3 Å². The Kier molecular flexibility index (Phi) is 4.20. The minimum absolute atomic E-state index is 0.0668. The van der Waals surface area contributed by atoms with Gasteiger partial charge in [-0.2, -0.15) is 0 Å². The molecule has 0 aliphatic carbocycles. The van der Waals surface area contributed by atoms with E-state index >= 15 is 0 Å². The van der Waals surface area contributed by atoms with Crippen LogP contribution in [0, 0.1) is 5.92 Å². The Hall–Kier alpha value is -1.63. The molecule has 124 valence electrons. The number of alkyl carbamates (subject to hydrolysis) is 1. The first-order valence-electron chi connectivity index (χ1n) is 8.15. The molecule has 3 heterocycles. The number of epoxide rings is 1. The zero-order chi connectivity index (χ0) is 15.6. The van der Waals surface area contributed by atoms with E-state index in [4.69, 9.17) is 18.9 Å². The molecule has 0 spiro atoms. The average Bonchev–Trinajstić information content (AvgIpc) is 3.18. The van der Waals surface area contributed by atoms with Crippen LogP contribution in [-0.2, 0) is 25.4 Å². The predicted molar refractivity (Wildman–Crippen MR) is 80.9 cm³/mol. The minimum Gasteiger partial charge on any atom is -0.443 e. The van der Waals surface area contributed by atoms with Gasteiger partial charge in [0.15, 0.2) is 6.29 Å². The first-order chi connectivity index (χ1) is 11.3. The number of nitrogens with one attached hydrogen (secondary N) is 1. The van der Waals surface area contributed by atoms with Crippen molar-refractivity contribution in [2.24, 2.45) is 5.92 Å². The Morgan fingerprint density at radius 3 is 2.83 bits per heavy atom. The molecule has 1 N–H and O–H groups in total. The summed E-state index contributed by atoms with van der Waals surface area (Å²) in [7, 11) is 0. The fourth-order valence-corrected chi connectivity index (χ4v) is 3.30. The standard InChI is InChI=1S/C17H21NO5/c19-17(23-14-9-22-16-12(14)6-7-20-16)18-13(15-10-21-15)8-11-4-2-1-3-5-11/h1-5,12-16H,6-10H2,(H,18,19)/t12-,13-,14-,15+,16+/m0/s1. The summed E-state index contributed by atoms with van der Waals surface area (Å²) < 4.78 is 21.9. The molecule has 0 saturated carbocycles. The normalized spacial score (nSPS) is 33.0. The van der Waals surface area contributed by atoms with Crippen molar-refractivity contribution in [3.05, 3.63) is 35.9 Å². The van der Waals surface area contributed by atoms with Crippen LogP contribution in [0.4, 0.5) is 4.79 Å². The smallest absolute Gasteiger partial charge is 0.407 e. The first-order valence-corrected chi connectivity index (χ1v) is 8.15. The molecule has 6 heteroatoms. The molecule has 1 amide bonds. The summed E-state index contributed by atoms with van der Waals surface area (Å²) in [5, 5.41) is 2.95. The Morgan fingerprint density at radius 1 is 1.22 bits per heavy atom. The highest BCUT2D eigenvalue weighted by molar-refractivity contribution is 5.68. The van der Waals surface area contributed by atoms with Gasteiger partial charge in [0.05, 0.1) is 31.8 Å². The predicted octanol–water partition coefficient (Wildman–Crippen LogP) is 1.48. The largest absolute Gasteiger partial charge is 0.443 e. The summed E-state index contributed by atoms with van der Waals surface area (Å²) in [4.78, 5) is 12.2. The molecule has 1 aromatic carbocycles. The van der Waals surface area contributed by atoms with Crippen LogP contribution >= 0.6 is 0 Å². The van der Waals surface area contributed by atoms with Crippen molar-refractivity contribution in [2.75, 3.05) is 19.8 Å². The lowest BCUT2D eigenvalue weighted by molar-refractivity contribution is -0.0907. The topological polar surface area (TPSA) is 69.3 Å². The maximum Gasteiger partial charge on any atom is 0.407 e. The maximum absolute atomic E-state index is 12.2. The Labute approximate surface area is 135 Å². The van der Waals surface area contributed by atoms with Gasteiger partial charge in [0.25, 0.3) is 0 Å². The minimum atomic E-state index is -0.400. The molecule has 0 radical (unpaired) electrons. The van der Waals surface area contributed by atoms with Gasteiger partial charge in [0.1, 0.15) is 12.2 Å². The molecule has 1 aromatic rings. The van der Waals surface area contributed by atoms with Crippen LogP contribution in [0.2, 0.25) is 0 Å². The third-order valence-electron chi connectivity index (χ3n) is 4.65. The lowest BCUT2D eigenvalue weighted by atomic mass is 10.0. The Morgan fingerprint density at radius 2 is 2.04 bits per heavy atom. The van der Waals surface area contributed by atoms with Crippen molar-refractivity contribution in [2.45, 2.75) is 37.4 Å². The van der Waals surface area contributed by atoms with Crippen molar-refractivity contribution in [1.29, 1.82) is 0 Å². The third-order valence-corrected chi connectivity index (χ3v) is 4.65. The van der Waals surface area contributed by atoms with Gasteiger partial charge in [-0.05, 0) is 18.4 Å². The highest BCUT2D eigenvalue weighted by Crippen LogP contribution is 2.33. The number of ether oxygens (including phenoxy) is 4. The van der Waals surface area contributed by atoms with E-state index in [2.05, 4.69) is 5.32 Å². The van der Waals surface area contributed by atoms with E-state index in [1.807, 2.05) is 30.3 Å². The second-order valence-corrected chi connectivity index (χ2v) is 6.28. The van der Waals surface area contributed by atoms with Crippen LogP contribution < -0.4 is 5.32 Å². The quantitative estimate of drug-likeness (QED) is 0.833. The second-order valence-electron chi connectivity index (χ2n) is 6.28. The van der Waals surface area contributed by atoms with E-state index in [0.717, 1.165) is 12.8 Å². The van der Waals surface area contributed by atoms with Crippen LogP contribution in [-0.4, -0.2) is 50.5 Å². The molecular weight excluding hydrogens is 298 g/mol. The number of amides is 1. The zero-order valence-corrected chi connectivity index (χ0v) is 12.9. The van der Waals surface area contributed by atoms with Crippen molar-refractivity contribution in [1.82, 2.24) is 5.32 Å². The van der Waals surface area contributed by atoms with Crippen molar-refractivity contribution in [3.63, 3.8) is 0 Å². The van der Waals surface area contributed by atoms with Gasteiger partial charge >= 0.3 is 6.09 Å². The Balaban J connectivity index is 1.32. The number of fused-ring (bicyclic) bond motifs is 1. The zero-order valence-electron chi connectivity index (χ0n) is 12.9. The van der Waals surface area contributed by atoms with Crippen molar-refractivity contribution >= 4 is 6.09 Å². The summed E-state index contributed by atoms with van der Waals surface area (Å²) in [6.07, 6.45) is 0.853.